The molecule has 0 aromatic carbocycles. The van der Waals surface area contributed by atoms with Gasteiger partial charge in [-0.25, -0.2) is 4.98 Å². The predicted octanol–water partition coefficient (Wildman–Crippen LogP) is -0.682. The zero-order valence-corrected chi connectivity index (χ0v) is 8.18. The van der Waals surface area contributed by atoms with Crippen molar-refractivity contribution in [1.29, 1.82) is 0 Å². The average Bonchev–Trinajstić information content (AvgIpc) is 2.57. The lowest BCUT2D eigenvalue weighted by molar-refractivity contribution is 0.748. The average molecular weight is 194 g/mol. The quantitative estimate of drug-likeness (QED) is 0.643. The van der Waals surface area contributed by atoms with Crippen molar-refractivity contribution in [2.24, 2.45) is 12.8 Å². The largest absolute Gasteiger partial charge is 0.350 e. The lowest BCUT2D eigenvalue weighted by atomic mass is 10.3. The molecule has 5 heteroatoms. The van der Waals surface area contributed by atoms with Gasteiger partial charge in [0.2, 0.25) is 0 Å². The third kappa shape index (κ3) is 1.50. The van der Waals surface area contributed by atoms with Crippen LogP contribution in [0.1, 0.15) is 6.42 Å². The number of nitrogens with zero attached hydrogens (tertiary/aromatic N) is 3. The Hall–Kier alpha value is -1.36. The van der Waals surface area contributed by atoms with Gasteiger partial charge < -0.3 is 15.2 Å². The molecule has 2 heterocycles. The highest BCUT2D eigenvalue weighted by Gasteiger charge is 2.22. The van der Waals surface area contributed by atoms with E-state index in [-0.39, 0.29) is 11.6 Å². The molecule has 0 unspecified atom stereocenters. The van der Waals surface area contributed by atoms with Crippen molar-refractivity contribution in [3.05, 3.63) is 22.7 Å². The number of aryl methyl sites for hydroxylation is 1. The summed E-state index contributed by atoms with van der Waals surface area (Å²) in [5.41, 5.74) is 5.72. The Morgan fingerprint density at radius 3 is 3.07 bits per heavy atom. The number of anilines is 1. The minimum absolute atomic E-state index is 0.0541. The second-order valence-corrected chi connectivity index (χ2v) is 3.66. The molecule has 0 radical (unpaired) electrons. The topological polar surface area (TPSA) is 64.2 Å². The van der Waals surface area contributed by atoms with E-state index in [0.29, 0.717) is 5.82 Å². The summed E-state index contributed by atoms with van der Waals surface area (Å²) in [5, 5.41) is 0. The van der Waals surface area contributed by atoms with Crippen molar-refractivity contribution in [1.82, 2.24) is 9.55 Å². The summed E-state index contributed by atoms with van der Waals surface area (Å²) in [4.78, 5) is 17.7. The van der Waals surface area contributed by atoms with Crippen LogP contribution in [0.2, 0.25) is 0 Å². The van der Waals surface area contributed by atoms with Gasteiger partial charge in [-0.1, -0.05) is 0 Å². The van der Waals surface area contributed by atoms with E-state index in [9.17, 15) is 4.79 Å². The van der Waals surface area contributed by atoms with E-state index < -0.39 is 0 Å². The first kappa shape index (κ1) is 9.21. The Morgan fingerprint density at radius 2 is 2.43 bits per heavy atom. The number of aromatic nitrogens is 2. The molecule has 5 nitrogen and oxygen atoms in total. The van der Waals surface area contributed by atoms with E-state index in [1.807, 2.05) is 4.90 Å². The van der Waals surface area contributed by atoms with Gasteiger partial charge in [0.25, 0.3) is 5.56 Å². The van der Waals surface area contributed by atoms with Crippen LogP contribution in [-0.2, 0) is 7.05 Å². The molecule has 1 saturated heterocycles. The van der Waals surface area contributed by atoms with E-state index in [0.717, 1.165) is 19.5 Å². The summed E-state index contributed by atoms with van der Waals surface area (Å²) < 4.78 is 1.53. The molecule has 0 saturated carbocycles. The number of hydrogen-bond acceptors (Lipinski definition) is 4. The van der Waals surface area contributed by atoms with Gasteiger partial charge in [0.15, 0.2) is 5.82 Å². The van der Waals surface area contributed by atoms with Gasteiger partial charge in [0.05, 0.1) is 0 Å². The fourth-order valence-electron chi connectivity index (χ4n) is 1.68. The maximum absolute atomic E-state index is 11.7. The Balaban J connectivity index is 2.33. The first-order chi connectivity index (χ1) is 6.68. The highest BCUT2D eigenvalue weighted by Crippen LogP contribution is 2.12. The van der Waals surface area contributed by atoms with E-state index in [1.54, 1.807) is 19.4 Å². The van der Waals surface area contributed by atoms with Gasteiger partial charge in [0.1, 0.15) is 0 Å². The summed E-state index contributed by atoms with van der Waals surface area (Å²) in [5.74, 6) is 0.517. The third-order valence-corrected chi connectivity index (χ3v) is 2.52. The van der Waals surface area contributed by atoms with Gasteiger partial charge in [-0.3, -0.25) is 4.79 Å². The molecule has 2 rings (SSSR count). The van der Waals surface area contributed by atoms with Crippen LogP contribution in [0, 0.1) is 0 Å². The fraction of sp³-hybridized carbons (Fsp3) is 0.556. The maximum Gasteiger partial charge on any atom is 0.293 e. The molecule has 2 N–H and O–H groups in total. The van der Waals surface area contributed by atoms with Crippen LogP contribution in [0.5, 0.6) is 0 Å². The second kappa shape index (κ2) is 3.42. The molecule has 1 aliphatic rings. The lowest BCUT2D eigenvalue weighted by Gasteiger charge is -2.15. The molecule has 1 aromatic rings. The Kier molecular flexibility index (Phi) is 2.25. The molecular weight excluding hydrogens is 180 g/mol. The van der Waals surface area contributed by atoms with Crippen LogP contribution in [0.4, 0.5) is 5.82 Å². The molecule has 76 valence electrons. The summed E-state index contributed by atoms with van der Waals surface area (Å²) in [7, 11) is 1.73. The van der Waals surface area contributed by atoms with Crippen molar-refractivity contribution in [2.75, 3.05) is 18.0 Å². The first-order valence-corrected chi connectivity index (χ1v) is 4.70. The monoisotopic (exact) mass is 194 g/mol. The van der Waals surface area contributed by atoms with Crippen molar-refractivity contribution in [3.8, 4) is 0 Å². The van der Waals surface area contributed by atoms with Crippen molar-refractivity contribution < 1.29 is 0 Å². The van der Waals surface area contributed by atoms with Gasteiger partial charge in [0, 0.05) is 38.6 Å². The van der Waals surface area contributed by atoms with E-state index >= 15 is 0 Å². The zero-order chi connectivity index (χ0) is 10.1. The van der Waals surface area contributed by atoms with Crippen LogP contribution < -0.4 is 16.2 Å². The van der Waals surface area contributed by atoms with Gasteiger partial charge in [-0.2, -0.15) is 0 Å². The van der Waals surface area contributed by atoms with Crippen LogP contribution in [0.15, 0.2) is 17.2 Å². The predicted molar refractivity (Wildman–Crippen MR) is 54.3 cm³/mol. The van der Waals surface area contributed by atoms with Crippen molar-refractivity contribution >= 4 is 5.82 Å². The maximum atomic E-state index is 11.7. The second-order valence-electron chi connectivity index (χ2n) is 3.66. The van der Waals surface area contributed by atoms with Crippen LogP contribution in [-0.4, -0.2) is 28.7 Å². The summed E-state index contributed by atoms with van der Waals surface area (Å²) in [6.45, 7) is 1.56. The smallest absolute Gasteiger partial charge is 0.293 e. The molecular formula is C9H14N4O. The van der Waals surface area contributed by atoms with Crippen molar-refractivity contribution in [2.45, 2.75) is 12.5 Å². The summed E-state index contributed by atoms with van der Waals surface area (Å²) >= 11 is 0. The van der Waals surface area contributed by atoms with Gasteiger partial charge in [-0.15, -0.1) is 0 Å². The first-order valence-electron chi connectivity index (χ1n) is 4.70. The fourth-order valence-corrected chi connectivity index (χ4v) is 1.68. The molecule has 0 spiro atoms. The molecule has 1 aliphatic heterocycles. The molecule has 1 aromatic heterocycles. The standard InChI is InChI=1S/C9H14N4O/c1-12-5-3-11-8(9(12)14)13-4-2-7(10)6-13/h3,5,7H,2,4,6,10H2,1H3/t7-/m0/s1. The highest BCUT2D eigenvalue weighted by molar-refractivity contribution is 5.37. The van der Waals surface area contributed by atoms with E-state index in [4.69, 9.17) is 5.73 Å². The molecule has 14 heavy (non-hydrogen) atoms. The Labute approximate surface area is 82.2 Å². The zero-order valence-electron chi connectivity index (χ0n) is 8.18. The number of rotatable bonds is 1. The molecule has 1 fully saturated rings. The van der Waals surface area contributed by atoms with Crippen LogP contribution in [0.25, 0.3) is 0 Å². The van der Waals surface area contributed by atoms with E-state index in [2.05, 4.69) is 4.98 Å². The van der Waals surface area contributed by atoms with Crippen molar-refractivity contribution in [3.63, 3.8) is 0 Å². The molecule has 0 bridgehead atoms. The highest BCUT2D eigenvalue weighted by atomic mass is 16.1. The van der Waals surface area contributed by atoms with Gasteiger partial charge >= 0.3 is 0 Å². The number of hydrogen-bond donors (Lipinski definition) is 1. The lowest BCUT2D eigenvalue weighted by Crippen LogP contribution is -2.33. The van der Waals surface area contributed by atoms with Gasteiger partial charge in [-0.05, 0) is 6.42 Å². The number of nitrogens with two attached hydrogens (primary N) is 1. The minimum Gasteiger partial charge on any atom is -0.350 e. The van der Waals surface area contributed by atoms with Crippen LogP contribution >= 0.6 is 0 Å². The third-order valence-electron chi connectivity index (χ3n) is 2.52. The molecule has 0 aliphatic carbocycles. The molecule has 0 amide bonds. The van der Waals surface area contributed by atoms with Crippen LogP contribution in [0.3, 0.4) is 0 Å². The minimum atomic E-state index is -0.0541. The summed E-state index contributed by atoms with van der Waals surface area (Å²) in [6.07, 6.45) is 4.22. The summed E-state index contributed by atoms with van der Waals surface area (Å²) in [6, 6.07) is 0.168. The molecule has 1 atom stereocenters. The normalized spacial score (nSPS) is 21.6. The van der Waals surface area contributed by atoms with E-state index in [1.165, 1.54) is 4.57 Å². The SMILES string of the molecule is Cn1ccnc(N2CC[C@H](N)C2)c1=O. The Morgan fingerprint density at radius 1 is 1.64 bits per heavy atom. The Bertz CT molecular complexity index is 387.